The molecule has 1 aromatic heterocycles. The summed E-state index contributed by atoms with van der Waals surface area (Å²) in [5, 5.41) is 4.74. The highest BCUT2D eigenvalue weighted by atomic mass is 79.9. The molecule has 1 fully saturated rings. The Morgan fingerprint density at radius 2 is 2.26 bits per heavy atom. The van der Waals surface area contributed by atoms with Crippen molar-refractivity contribution < 1.29 is 4.79 Å². The average molecular weight is 346 g/mol. The molecule has 1 aliphatic heterocycles. The first-order valence-electron chi connectivity index (χ1n) is 6.60. The van der Waals surface area contributed by atoms with Crippen molar-refractivity contribution in [2.24, 2.45) is 0 Å². The number of carbonyl (C=O) groups excluding carboxylic acids is 1. The Labute approximate surface area is 127 Å². The number of rotatable bonds is 4. The lowest BCUT2D eigenvalue weighted by molar-refractivity contribution is -0.132. The van der Waals surface area contributed by atoms with Crippen molar-refractivity contribution >= 4 is 33.6 Å². The average Bonchev–Trinajstić information content (AvgIpc) is 2.85. The third-order valence-corrected chi connectivity index (χ3v) is 5.01. The number of hydrogen-bond acceptors (Lipinski definition) is 3. The van der Waals surface area contributed by atoms with Crippen molar-refractivity contribution in [3.8, 4) is 0 Å². The molecule has 2 rings (SSSR count). The molecule has 0 spiro atoms. The molecule has 19 heavy (non-hydrogen) atoms. The van der Waals surface area contributed by atoms with Crippen molar-refractivity contribution in [3.05, 3.63) is 16.9 Å². The number of hydrogen-bond donors (Lipinski definition) is 0. The fourth-order valence-corrected chi connectivity index (χ4v) is 2.96. The van der Waals surface area contributed by atoms with Crippen LogP contribution in [0, 0.1) is 0 Å². The van der Waals surface area contributed by atoms with Gasteiger partial charge in [0, 0.05) is 31.0 Å². The van der Waals surface area contributed by atoms with E-state index in [9.17, 15) is 4.79 Å². The molecule has 0 N–H and O–H groups in total. The Hall–Kier alpha value is -0.490. The number of aromatic nitrogens is 2. The predicted octanol–water partition coefficient (Wildman–Crippen LogP) is 2.95. The van der Waals surface area contributed by atoms with Crippen LogP contribution in [-0.2, 0) is 4.79 Å². The van der Waals surface area contributed by atoms with E-state index in [0.717, 1.165) is 30.4 Å². The molecule has 106 valence electrons. The Kier molecular flexibility index (Phi) is 5.33. The SMILES string of the molecule is CSC(C)CC(=O)N1CCC(n2cc(Br)cn2)CC1. The summed E-state index contributed by atoms with van der Waals surface area (Å²) in [5.74, 6) is 0.293. The van der Waals surface area contributed by atoms with E-state index < -0.39 is 0 Å². The van der Waals surface area contributed by atoms with E-state index in [-0.39, 0.29) is 0 Å². The summed E-state index contributed by atoms with van der Waals surface area (Å²) in [7, 11) is 0. The van der Waals surface area contributed by atoms with Crippen LogP contribution in [0.5, 0.6) is 0 Å². The van der Waals surface area contributed by atoms with Crippen LogP contribution in [-0.4, -0.2) is 45.2 Å². The zero-order valence-corrected chi connectivity index (χ0v) is 13.8. The maximum Gasteiger partial charge on any atom is 0.223 e. The second-order valence-corrected chi connectivity index (χ2v) is 7.19. The molecule has 1 saturated heterocycles. The normalized spacial score (nSPS) is 18.6. The van der Waals surface area contributed by atoms with Crippen LogP contribution in [0.25, 0.3) is 0 Å². The van der Waals surface area contributed by atoms with Crippen LogP contribution >= 0.6 is 27.7 Å². The second-order valence-electron chi connectivity index (χ2n) is 5.00. The van der Waals surface area contributed by atoms with E-state index in [1.165, 1.54) is 0 Å². The summed E-state index contributed by atoms with van der Waals surface area (Å²) in [5.41, 5.74) is 0. The molecular weight excluding hydrogens is 326 g/mol. The maximum atomic E-state index is 12.1. The Balaban J connectivity index is 1.83. The number of piperidine rings is 1. The van der Waals surface area contributed by atoms with Gasteiger partial charge in [0.1, 0.15) is 0 Å². The molecule has 2 heterocycles. The quantitative estimate of drug-likeness (QED) is 0.841. The third-order valence-electron chi connectivity index (χ3n) is 3.63. The molecule has 0 bridgehead atoms. The zero-order valence-electron chi connectivity index (χ0n) is 11.4. The van der Waals surface area contributed by atoms with Gasteiger partial charge in [-0.15, -0.1) is 0 Å². The Morgan fingerprint density at radius 1 is 1.58 bits per heavy atom. The molecule has 6 heteroatoms. The molecule has 1 aliphatic rings. The van der Waals surface area contributed by atoms with E-state index in [2.05, 4.69) is 34.2 Å². The fourth-order valence-electron chi connectivity index (χ4n) is 2.35. The molecule has 1 unspecified atom stereocenters. The number of thioether (sulfide) groups is 1. The van der Waals surface area contributed by atoms with Crippen molar-refractivity contribution in [1.29, 1.82) is 0 Å². The summed E-state index contributed by atoms with van der Waals surface area (Å²) in [6, 6.07) is 0.424. The van der Waals surface area contributed by atoms with Crippen LogP contribution in [0.2, 0.25) is 0 Å². The van der Waals surface area contributed by atoms with Crippen molar-refractivity contribution in [1.82, 2.24) is 14.7 Å². The third kappa shape index (κ3) is 3.99. The Bertz CT molecular complexity index is 429. The van der Waals surface area contributed by atoms with Gasteiger partial charge in [-0.25, -0.2) is 0 Å². The van der Waals surface area contributed by atoms with Crippen LogP contribution in [0.15, 0.2) is 16.9 Å². The van der Waals surface area contributed by atoms with Crippen LogP contribution < -0.4 is 0 Å². The Morgan fingerprint density at radius 3 is 2.79 bits per heavy atom. The highest BCUT2D eigenvalue weighted by Crippen LogP contribution is 2.24. The summed E-state index contributed by atoms with van der Waals surface area (Å²) in [6.07, 6.45) is 8.52. The summed E-state index contributed by atoms with van der Waals surface area (Å²) in [6.45, 7) is 3.81. The van der Waals surface area contributed by atoms with Crippen molar-refractivity contribution in [3.63, 3.8) is 0 Å². The minimum absolute atomic E-state index is 0.293. The van der Waals surface area contributed by atoms with Crippen molar-refractivity contribution in [2.45, 2.75) is 37.5 Å². The van der Waals surface area contributed by atoms with E-state index >= 15 is 0 Å². The number of carbonyl (C=O) groups is 1. The lowest BCUT2D eigenvalue weighted by Crippen LogP contribution is -2.39. The van der Waals surface area contributed by atoms with Gasteiger partial charge in [-0.1, -0.05) is 6.92 Å². The van der Waals surface area contributed by atoms with E-state index in [4.69, 9.17) is 0 Å². The van der Waals surface area contributed by atoms with Gasteiger partial charge in [0.25, 0.3) is 0 Å². The van der Waals surface area contributed by atoms with E-state index in [1.54, 1.807) is 11.8 Å². The van der Waals surface area contributed by atoms with E-state index in [1.807, 2.05) is 22.0 Å². The molecule has 1 aromatic rings. The highest BCUT2D eigenvalue weighted by molar-refractivity contribution is 9.10. The summed E-state index contributed by atoms with van der Waals surface area (Å²) in [4.78, 5) is 14.1. The first-order valence-corrected chi connectivity index (χ1v) is 8.68. The van der Waals surface area contributed by atoms with Gasteiger partial charge >= 0.3 is 0 Å². The van der Waals surface area contributed by atoms with E-state index in [0.29, 0.717) is 23.6 Å². The largest absolute Gasteiger partial charge is 0.343 e. The molecule has 4 nitrogen and oxygen atoms in total. The molecule has 1 atom stereocenters. The number of likely N-dealkylation sites (tertiary alicyclic amines) is 1. The molecule has 0 saturated carbocycles. The molecule has 0 aromatic carbocycles. The lowest BCUT2D eigenvalue weighted by Gasteiger charge is -2.32. The van der Waals surface area contributed by atoms with Crippen molar-refractivity contribution in [2.75, 3.05) is 19.3 Å². The smallest absolute Gasteiger partial charge is 0.223 e. The second kappa shape index (κ2) is 6.79. The monoisotopic (exact) mass is 345 g/mol. The topological polar surface area (TPSA) is 38.1 Å². The highest BCUT2D eigenvalue weighted by Gasteiger charge is 2.24. The lowest BCUT2D eigenvalue weighted by atomic mass is 10.0. The molecule has 1 amide bonds. The zero-order chi connectivity index (χ0) is 13.8. The number of nitrogens with zero attached hydrogens (tertiary/aromatic N) is 3. The van der Waals surface area contributed by atoms with Gasteiger partial charge in [-0.2, -0.15) is 16.9 Å². The first-order chi connectivity index (χ1) is 9.10. The van der Waals surface area contributed by atoms with Gasteiger partial charge in [-0.05, 0) is 35.0 Å². The number of halogens is 1. The molecule has 0 aliphatic carbocycles. The van der Waals surface area contributed by atoms with Crippen LogP contribution in [0.3, 0.4) is 0 Å². The molecular formula is C13H20BrN3OS. The summed E-state index contributed by atoms with van der Waals surface area (Å²) < 4.78 is 3.02. The summed E-state index contributed by atoms with van der Waals surface area (Å²) >= 11 is 5.17. The predicted molar refractivity (Wildman–Crippen MR) is 82.4 cm³/mol. The first kappa shape index (κ1) is 14.9. The minimum atomic E-state index is 0.293. The van der Waals surface area contributed by atoms with Gasteiger partial charge in [0.15, 0.2) is 0 Å². The maximum absolute atomic E-state index is 12.1. The molecule has 0 radical (unpaired) electrons. The standard InChI is InChI=1S/C13H20BrN3OS/c1-10(19-2)7-13(18)16-5-3-12(4-6-16)17-9-11(14)8-15-17/h8-10,12H,3-7H2,1-2H3. The van der Waals surface area contributed by atoms with Gasteiger partial charge in [-0.3, -0.25) is 9.48 Å². The minimum Gasteiger partial charge on any atom is -0.343 e. The van der Waals surface area contributed by atoms with Crippen LogP contribution in [0.4, 0.5) is 0 Å². The fraction of sp³-hybridized carbons (Fsp3) is 0.692. The van der Waals surface area contributed by atoms with Crippen LogP contribution in [0.1, 0.15) is 32.2 Å². The van der Waals surface area contributed by atoms with Gasteiger partial charge in [0.2, 0.25) is 5.91 Å². The van der Waals surface area contributed by atoms with Gasteiger partial charge in [0.05, 0.1) is 16.7 Å². The number of amides is 1. The van der Waals surface area contributed by atoms with Gasteiger partial charge < -0.3 is 4.90 Å².